The molecule has 2 heterocycles. The number of carbonyl (C=O) groups is 2. The molecule has 1 aromatic carbocycles. The second-order valence-corrected chi connectivity index (χ2v) is 9.98. The summed E-state index contributed by atoms with van der Waals surface area (Å²) in [5, 5.41) is 3.30. The van der Waals surface area contributed by atoms with Gasteiger partial charge in [-0.05, 0) is 43.2 Å². The number of likely N-dealkylation sites (tertiary alicyclic amines) is 1. The Morgan fingerprint density at radius 3 is 2.45 bits per heavy atom. The van der Waals surface area contributed by atoms with Gasteiger partial charge in [-0.1, -0.05) is 57.7 Å². The quantitative estimate of drug-likeness (QED) is 0.649. The molecule has 6 nitrogen and oxygen atoms in total. The zero-order valence-electron chi connectivity index (χ0n) is 20.4. The number of nitrogens with zero attached hydrogens (tertiary/aromatic N) is 2. The average molecular weight is 456 g/mol. The highest BCUT2D eigenvalue weighted by Gasteiger charge is 2.47. The number of nitrogens with one attached hydrogen (secondary N) is 1. The van der Waals surface area contributed by atoms with Gasteiger partial charge in [0.2, 0.25) is 5.91 Å². The van der Waals surface area contributed by atoms with E-state index in [2.05, 4.69) is 24.1 Å². The summed E-state index contributed by atoms with van der Waals surface area (Å²) < 4.78 is 5.57. The number of amides is 2. The van der Waals surface area contributed by atoms with E-state index in [1.54, 1.807) is 0 Å². The lowest BCUT2D eigenvalue weighted by Gasteiger charge is -2.39. The van der Waals surface area contributed by atoms with E-state index in [0.717, 1.165) is 64.8 Å². The first-order valence-electron chi connectivity index (χ1n) is 13.1. The second kappa shape index (κ2) is 11.5. The van der Waals surface area contributed by atoms with E-state index in [1.807, 2.05) is 35.2 Å². The third-order valence-corrected chi connectivity index (χ3v) is 8.24. The number of morpholine rings is 1. The van der Waals surface area contributed by atoms with Gasteiger partial charge in [-0.2, -0.15) is 0 Å². The van der Waals surface area contributed by atoms with Crippen LogP contribution in [0.5, 0.6) is 0 Å². The fourth-order valence-electron chi connectivity index (χ4n) is 6.37. The van der Waals surface area contributed by atoms with Gasteiger partial charge in [0.05, 0.1) is 13.2 Å². The van der Waals surface area contributed by atoms with Gasteiger partial charge in [-0.25, -0.2) is 0 Å². The fraction of sp³-hybridized carbons (Fsp3) is 0.704. The Labute approximate surface area is 199 Å². The maximum absolute atomic E-state index is 13.6. The Morgan fingerprint density at radius 2 is 1.76 bits per heavy atom. The molecular formula is C27H41N3O3. The van der Waals surface area contributed by atoms with Crippen LogP contribution in [-0.4, -0.2) is 72.6 Å². The van der Waals surface area contributed by atoms with E-state index in [4.69, 9.17) is 4.74 Å². The van der Waals surface area contributed by atoms with Crippen molar-refractivity contribution < 1.29 is 14.3 Å². The molecule has 2 saturated heterocycles. The van der Waals surface area contributed by atoms with Crippen LogP contribution in [0, 0.1) is 11.8 Å². The summed E-state index contributed by atoms with van der Waals surface area (Å²) in [6, 6.07) is 9.62. The van der Waals surface area contributed by atoms with E-state index in [9.17, 15) is 9.59 Å². The fourth-order valence-corrected chi connectivity index (χ4v) is 6.37. The van der Waals surface area contributed by atoms with E-state index >= 15 is 0 Å². The van der Waals surface area contributed by atoms with Gasteiger partial charge < -0.3 is 15.0 Å². The van der Waals surface area contributed by atoms with Gasteiger partial charge in [0.1, 0.15) is 6.04 Å². The molecule has 2 amide bonds. The molecular weight excluding hydrogens is 414 g/mol. The molecule has 1 saturated carbocycles. The SMILES string of the molecule is CCC(CC)C(CNC(=O)C1CC2CCCCC2N1C(=O)c1ccccc1)N1CCOCC1. The molecule has 182 valence electrons. The van der Waals surface area contributed by atoms with Crippen molar-refractivity contribution in [2.24, 2.45) is 11.8 Å². The minimum absolute atomic E-state index is 0.00914. The number of hydrogen-bond acceptors (Lipinski definition) is 4. The van der Waals surface area contributed by atoms with Crippen LogP contribution in [0.3, 0.4) is 0 Å². The molecule has 3 fully saturated rings. The summed E-state index contributed by atoms with van der Waals surface area (Å²) in [7, 11) is 0. The van der Waals surface area contributed by atoms with Gasteiger partial charge in [0, 0.05) is 37.3 Å². The van der Waals surface area contributed by atoms with E-state index in [-0.39, 0.29) is 23.9 Å². The topological polar surface area (TPSA) is 61.9 Å². The minimum Gasteiger partial charge on any atom is -0.379 e. The molecule has 6 heteroatoms. The number of ether oxygens (including phenoxy) is 1. The predicted molar refractivity (Wildman–Crippen MR) is 130 cm³/mol. The van der Waals surface area contributed by atoms with Gasteiger partial charge in [0.25, 0.3) is 5.91 Å². The highest BCUT2D eigenvalue weighted by atomic mass is 16.5. The lowest BCUT2D eigenvalue weighted by atomic mass is 9.84. The summed E-state index contributed by atoms with van der Waals surface area (Å²) in [5.74, 6) is 1.01. The summed E-state index contributed by atoms with van der Waals surface area (Å²) in [5.41, 5.74) is 0.685. The first-order chi connectivity index (χ1) is 16.1. The van der Waals surface area contributed by atoms with Crippen LogP contribution in [0.1, 0.15) is 69.2 Å². The highest BCUT2D eigenvalue weighted by Crippen LogP contribution is 2.40. The summed E-state index contributed by atoms with van der Waals surface area (Å²) in [6.45, 7) is 8.49. The zero-order chi connectivity index (χ0) is 23.2. The molecule has 1 N–H and O–H groups in total. The highest BCUT2D eigenvalue weighted by molar-refractivity contribution is 5.98. The van der Waals surface area contributed by atoms with Crippen LogP contribution in [0.2, 0.25) is 0 Å². The van der Waals surface area contributed by atoms with Crippen molar-refractivity contribution in [2.45, 2.75) is 76.9 Å². The molecule has 4 rings (SSSR count). The Bertz CT molecular complexity index is 776. The molecule has 2 aliphatic heterocycles. The third kappa shape index (κ3) is 5.43. The first kappa shape index (κ1) is 24.2. The van der Waals surface area contributed by atoms with Gasteiger partial charge in [-0.15, -0.1) is 0 Å². The van der Waals surface area contributed by atoms with E-state index < -0.39 is 0 Å². The number of fused-ring (bicyclic) bond motifs is 1. The number of hydrogen-bond donors (Lipinski definition) is 1. The number of carbonyl (C=O) groups excluding carboxylic acids is 2. The van der Waals surface area contributed by atoms with Crippen molar-refractivity contribution in [1.82, 2.24) is 15.1 Å². The Balaban J connectivity index is 1.49. The van der Waals surface area contributed by atoms with Crippen LogP contribution < -0.4 is 5.32 Å². The Morgan fingerprint density at radius 1 is 1.06 bits per heavy atom. The number of rotatable bonds is 8. The van der Waals surface area contributed by atoms with Crippen LogP contribution in [0.4, 0.5) is 0 Å². The molecule has 4 atom stereocenters. The Kier molecular flexibility index (Phi) is 8.42. The number of benzene rings is 1. The molecule has 1 aromatic rings. The monoisotopic (exact) mass is 455 g/mol. The van der Waals surface area contributed by atoms with Crippen molar-refractivity contribution in [2.75, 3.05) is 32.8 Å². The lowest BCUT2D eigenvalue weighted by molar-refractivity contribution is -0.125. The third-order valence-electron chi connectivity index (χ3n) is 8.24. The molecule has 0 aromatic heterocycles. The largest absolute Gasteiger partial charge is 0.379 e. The van der Waals surface area contributed by atoms with E-state index in [1.165, 1.54) is 6.42 Å². The first-order valence-corrected chi connectivity index (χ1v) is 13.1. The second-order valence-electron chi connectivity index (χ2n) is 9.98. The van der Waals surface area contributed by atoms with E-state index in [0.29, 0.717) is 30.0 Å². The summed E-state index contributed by atoms with van der Waals surface area (Å²) >= 11 is 0. The Hall–Kier alpha value is -1.92. The van der Waals surface area contributed by atoms with Crippen LogP contribution in [-0.2, 0) is 9.53 Å². The molecule has 0 bridgehead atoms. The molecule has 0 spiro atoms. The van der Waals surface area contributed by atoms with Gasteiger partial charge in [-0.3, -0.25) is 14.5 Å². The van der Waals surface area contributed by atoms with Crippen LogP contribution in [0.15, 0.2) is 30.3 Å². The molecule has 33 heavy (non-hydrogen) atoms. The molecule has 0 radical (unpaired) electrons. The lowest BCUT2D eigenvalue weighted by Crippen LogP contribution is -2.55. The summed E-state index contributed by atoms with van der Waals surface area (Å²) in [6.07, 6.45) is 7.47. The van der Waals surface area contributed by atoms with Crippen LogP contribution >= 0.6 is 0 Å². The maximum atomic E-state index is 13.6. The predicted octanol–water partition coefficient (Wildman–Crippen LogP) is 3.71. The molecule has 3 aliphatic rings. The van der Waals surface area contributed by atoms with Crippen molar-refractivity contribution in [3.63, 3.8) is 0 Å². The van der Waals surface area contributed by atoms with Gasteiger partial charge >= 0.3 is 0 Å². The zero-order valence-corrected chi connectivity index (χ0v) is 20.4. The minimum atomic E-state index is -0.363. The normalized spacial score (nSPS) is 26.8. The average Bonchev–Trinajstić information content (AvgIpc) is 3.26. The smallest absolute Gasteiger partial charge is 0.254 e. The van der Waals surface area contributed by atoms with Crippen molar-refractivity contribution >= 4 is 11.8 Å². The van der Waals surface area contributed by atoms with Crippen molar-refractivity contribution in [1.29, 1.82) is 0 Å². The summed E-state index contributed by atoms with van der Waals surface area (Å²) in [4.78, 5) is 31.5. The van der Waals surface area contributed by atoms with Crippen LogP contribution in [0.25, 0.3) is 0 Å². The standard InChI is InChI=1S/C27H41N3O3/c1-3-20(4-2)25(29-14-16-33-17-15-29)19-28-26(31)24-18-22-12-8-9-13-23(22)30(24)27(32)21-10-6-5-7-11-21/h5-7,10-11,20,22-25H,3-4,8-9,12-19H2,1-2H3,(H,28,31). The van der Waals surface area contributed by atoms with Gasteiger partial charge in [0.15, 0.2) is 0 Å². The molecule has 1 aliphatic carbocycles. The maximum Gasteiger partial charge on any atom is 0.254 e. The van der Waals surface area contributed by atoms with Crippen molar-refractivity contribution in [3.8, 4) is 0 Å². The molecule has 4 unspecified atom stereocenters. The van der Waals surface area contributed by atoms with Crippen molar-refractivity contribution in [3.05, 3.63) is 35.9 Å².